The van der Waals surface area contributed by atoms with Crippen molar-refractivity contribution < 1.29 is 9.53 Å². The van der Waals surface area contributed by atoms with Crippen LogP contribution in [0.15, 0.2) is 22.8 Å². The largest absolute Gasteiger partial charge is 0.454 e. The van der Waals surface area contributed by atoms with Gasteiger partial charge in [0.25, 0.3) is 0 Å². The van der Waals surface area contributed by atoms with Crippen LogP contribution in [0, 0.1) is 22.7 Å². The predicted octanol–water partition coefficient (Wildman–Crippen LogP) is 4.80. The molecule has 4 atom stereocenters. The number of hydrogen-bond acceptors (Lipinski definition) is 2. The summed E-state index contributed by atoms with van der Waals surface area (Å²) in [7, 11) is 0. The molecular formula is C20H28O2. The monoisotopic (exact) mass is 300 g/mol. The molecule has 2 saturated carbocycles. The minimum absolute atomic E-state index is 0.0295. The average molecular weight is 300 g/mol. The van der Waals surface area contributed by atoms with E-state index in [9.17, 15) is 4.79 Å². The maximum Gasteiger partial charge on any atom is 0.334 e. The number of carbonyl (C=O) groups excluding carboxylic acids is 1. The molecule has 4 aliphatic rings. The molecule has 0 saturated heterocycles. The molecule has 0 radical (unpaired) electrons. The van der Waals surface area contributed by atoms with Crippen molar-refractivity contribution in [2.24, 2.45) is 22.7 Å². The molecule has 1 unspecified atom stereocenters. The molecule has 1 heterocycles. The Morgan fingerprint density at radius 3 is 2.77 bits per heavy atom. The Balaban J connectivity index is 1.74. The normalized spacial score (nSPS) is 43.0. The molecule has 0 N–H and O–H groups in total. The van der Waals surface area contributed by atoms with Gasteiger partial charge in [-0.05, 0) is 61.7 Å². The lowest BCUT2D eigenvalue weighted by atomic mass is 9.46. The zero-order valence-corrected chi connectivity index (χ0v) is 14.4. The van der Waals surface area contributed by atoms with Gasteiger partial charge in [0.1, 0.15) is 6.10 Å². The number of hydrogen-bond donors (Lipinski definition) is 0. The second-order valence-corrected chi connectivity index (χ2v) is 8.92. The van der Waals surface area contributed by atoms with E-state index in [2.05, 4.69) is 26.8 Å². The summed E-state index contributed by atoms with van der Waals surface area (Å²) in [5.74, 6) is 1.32. The highest BCUT2D eigenvalue weighted by Gasteiger charge is 2.55. The van der Waals surface area contributed by atoms with Crippen molar-refractivity contribution in [2.75, 3.05) is 0 Å². The van der Waals surface area contributed by atoms with Crippen molar-refractivity contribution in [3.63, 3.8) is 0 Å². The Morgan fingerprint density at radius 2 is 2.00 bits per heavy atom. The fourth-order valence-electron chi connectivity index (χ4n) is 6.24. The molecule has 0 bridgehead atoms. The van der Waals surface area contributed by atoms with E-state index in [0.717, 1.165) is 17.9 Å². The Hall–Kier alpha value is -1.05. The van der Waals surface area contributed by atoms with Gasteiger partial charge in [0.2, 0.25) is 0 Å². The van der Waals surface area contributed by atoms with Gasteiger partial charge in [-0.15, -0.1) is 0 Å². The first kappa shape index (κ1) is 14.5. The van der Waals surface area contributed by atoms with Gasteiger partial charge < -0.3 is 4.74 Å². The van der Waals surface area contributed by atoms with Crippen molar-refractivity contribution in [2.45, 2.75) is 72.3 Å². The highest BCUT2D eigenvalue weighted by molar-refractivity contribution is 5.92. The smallest absolute Gasteiger partial charge is 0.334 e. The summed E-state index contributed by atoms with van der Waals surface area (Å²) in [5.41, 5.74) is 4.46. The zero-order valence-electron chi connectivity index (χ0n) is 14.4. The first-order valence-corrected chi connectivity index (χ1v) is 8.95. The quantitative estimate of drug-likeness (QED) is 0.601. The second kappa shape index (κ2) is 4.49. The summed E-state index contributed by atoms with van der Waals surface area (Å²) in [6.07, 6.45) is 9.96. The first-order chi connectivity index (χ1) is 10.3. The van der Waals surface area contributed by atoms with Gasteiger partial charge in [0.15, 0.2) is 0 Å². The lowest BCUT2D eigenvalue weighted by molar-refractivity contribution is -0.141. The van der Waals surface area contributed by atoms with E-state index in [1.165, 1.54) is 37.7 Å². The van der Waals surface area contributed by atoms with Gasteiger partial charge in [0.05, 0.1) is 0 Å². The maximum atomic E-state index is 11.9. The third kappa shape index (κ3) is 1.82. The third-order valence-electron chi connectivity index (χ3n) is 7.37. The summed E-state index contributed by atoms with van der Waals surface area (Å²) >= 11 is 0. The van der Waals surface area contributed by atoms with Crippen molar-refractivity contribution in [3.05, 3.63) is 22.8 Å². The molecule has 0 aromatic rings. The molecule has 0 aromatic carbocycles. The Morgan fingerprint density at radius 1 is 1.23 bits per heavy atom. The van der Waals surface area contributed by atoms with Gasteiger partial charge in [-0.3, -0.25) is 0 Å². The molecule has 22 heavy (non-hydrogen) atoms. The second-order valence-electron chi connectivity index (χ2n) is 8.92. The highest BCUT2D eigenvalue weighted by Crippen LogP contribution is 2.63. The standard InChI is InChI=1S/C20H28O2/c1-12-14-10-13-6-7-17-19(2,3)8-5-9-20(17,4)15(13)11-16(14)22-18(12)21/h10,15-17H,5-9,11H2,1-4H3/t15-,16?,17-,20+/m1/s1. The number of ether oxygens (including phenoxy) is 1. The van der Waals surface area contributed by atoms with E-state index in [1.807, 2.05) is 6.92 Å². The van der Waals surface area contributed by atoms with Crippen LogP contribution in [0.3, 0.4) is 0 Å². The third-order valence-corrected chi connectivity index (χ3v) is 7.37. The summed E-state index contributed by atoms with van der Waals surface area (Å²) < 4.78 is 5.65. The molecule has 120 valence electrons. The molecule has 0 amide bonds. The van der Waals surface area contributed by atoms with Crippen LogP contribution in [-0.2, 0) is 9.53 Å². The van der Waals surface area contributed by atoms with Crippen LogP contribution in [0.5, 0.6) is 0 Å². The van der Waals surface area contributed by atoms with E-state index >= 15 is 0 Å². The van der Waals surface area contributed by atoms with Crippen molar-refractivity contribution >= 4 is 5.97 Å². The van der Waals surface area contributed by atoms with Crippen LogP contribution >= 0.6 is 0 Å². The molecule has 0 aromatic heterocycles. The number of esters is 1. The van der Waals surface area contributed by atoms with E-state index in [4.69, 9.17) is 4.74 Å². The van der Waals surface area contributed by atoms with Gasteiger partial charge >= 0.3 is 5.97 Å². The molecule has 1 aliphatic heterocycles. The van der Waals surface area contributed by atoms with E-state index < -0.39 is 0 Å². The molecule has 0 spiro atoms. The lowest BCUT2D eigenvalue weighted by Gasteiger charge is -2.59. The van der Waals surface area contributed by atoms with Crippen LogP contribution in [-0.4, -0.2) is 12.1 Å². The molecule has 2 heteroatoms. The molecule has 4 rings (SSSR count). The van der Waals surface area contributed by atoms with Crippen molar-refractivity contribution in [1.29, 1.82) is 0 Å². The Labute approximate surface area is 134 Å². The zero-order chi connectivity index (χ0) is 15.7. The number of fused-ring (bicyclic) bond motifs is 4. The first-order valence-electron chi connectivity index (χ1n) is 8.95. The fourth-order valence-corrected chi connectivity index (χ4v) is 6.24. The van der Waals surface area contributed by atoms with Crippen LogP contribution in [0.25, 0.3) is 0 Å². The molecular weight excluding hydrogens is 272 g/mol. The summed E-state index contributed by atoms with van der Waals surface area (Å²) in [5, 5.41) is 0. The SMILES string of the molecule is CC1=C2C=C3CC[C@@H]4C(C)(C)CCC[C@@]4(C)[C@@H]3CC2OC1=O. The van der Waals surface area contributed by atoms with E-state index in [1.54, 1.807) is 5.57 Å². The Bertz CT molecular complexity index is 595. The van der Waals surface area contributed by atoms with Crippen LogP contribution in [0.2, 0.25) is 0 Å². The lowest BCUT2D eigenvalue weighted by Crippen LogP contribution is -2.51. The Kier molecular flexibility index (Phi) is 2.97. The summed E-state index contributed by atoms with van der Waals surface area (Å²) in [6.45, 7) is 9.38. The van der Waals surface area contributed by atoms with Gasteiger partial charge in [0, 0.05) is 11.1 Å². The maximum absolute atomic E-state index is 11.9. The number of carbonyl (C=O) groups is 1. The van der Waals surface area contributed by atoms with Gasteiger partial charge in [-0.2, -0.15) is 0 Å². The molecule has 3 aliphatic carbocycles. The minimum Gasteiger partial charge on any atom is -0.454 e. The average Bonchev–Trinajstić information content (AvgIpc) is 2.72. The van der Waals surface area contributed by atoms with Crippen LogP contribution in [0.4, 0.5) is 0 Å². The van der Waals surface area contributed by atoms with Gasteiger partial charge in [-0.25, -0.2) is 4.79 Å². The van der Waals surface area contributed by atoms with Crippen molar-refractivity contribution in [3.8, 4) is 0 Å². The predicted molar refractivity (Wildman–Crippen MR) is 87.2 cm³/mol. The fraction of sp³-hybridized carbons (Fsp3) is 0.750. The van der Waals surface area contributed by atoms with Gasteiger partial charge in [-0.1, -0.05) is 38.8 Å². The van der Waals surface area contributed by atoms with E-state index in [0.29, 0.717) is 16.7 Å². The minimum atomic E-state index is -0.0961. The van der Waals surface area contributed by atoms with Crippen LogP contribution < -0.4 is 0 Å². The molecule has 2 nitrogen and oxygen atoms in total. The van der Waals surface area contributed by atoms with Crippen molar-refractivity contribution in [1.82, 2.24) is 0 Å². The summed E-state index contributed by atoms with van der Waals surface area (Å²) in [4.78, 5) is 11.9. The van der Waals surface area contributed by atoms with E-state index in [-0.39, 0.29) is 12.1 Å². The molecule has 2 fully saturated rings. The topological polar surface area (TPSA) is 26.3 Å². The number of rotatable bonds is 0. The van der Waals surface area contributed by atoms with Crippen LogP contribution in [0.1, 0.15) is 66.2 Å². The summed E-state index contributed by atoms with van der Waals surface area (Å²) in [6, 6.07) is 0. The number of allylic oxidation sites excluding steroid dienone is 1. The highest BCUT2D eigenvalue weighted by atomic mass is 16.5.